The SMILES string of the molecule is CCN(CC)c1ccc2c(C)c(CCOC(=O)NCc3cccc(C(=O)ON)c3)c(=O)oc2c1. The predicted octanol–water partition coefficient (Wildman–Crippen LogP) is 3.45. The second-order valence-electron chi connectivity index (χ2n) is 7.69. The lowest BCUT2D eigenvalue weighted by molar-refractivity contribution is 0.0503. The molecule has 0 spiro atoms. The average molecular weight is 468 g/mol. The summed E-state index contributed by atoms with van der Waals surface area (Å²) in [7, 11) is 0. The molecule has 0 radical (unpaired) electrons. The van der Waals surface area contributed by atoms with Crippen molar-refractivity contribution in [1.82, 2.24) is 5.32 Å². The van der Waals surface area contributed by atoms with Crippen LogP contribution < -0.4 is 21.7 Å². The minimum atomic E-state index is -0.668. The van der Waals surface area contributed by atoms with Gasteiger partial charge in [-0.25, -0.2) is 14.4 Å². The molecule has 9 heteroatoms. The van der Waals surface area contributed by atoms with E-state index < -0.39 is 17.7 Å². The fraction of sp³-hybridized carbons (Fsp3) is 0.320. The summed E-state index contributed by atoms with van der Waals surface area (Å²) < 4.78 is 10.8. The maximum absolute atomic E-state index is 12.6. The van der Waals surface area contributed by atoms with Gasteiger partial charge in [0.05, 0.1) is 12.2 Å². The van der Waals surface area contributed by atoms with Crippen LogP contribution in [0.25, 0.3) is 11.0 Å². The summed E-state index contributed by atoms with van der Waals surface area (Å²) in [5.74, 6) is 4.22. The highest BCUT2D eigenvalue weighted by Gasteiger charge is 2.14. The number of nitrogens with zero attached hydrogens (tertiary/aromatic N) is 1. The maximum atomic E-state index is 12.6. The van der Waals surface area contributed by atoms with Crippen LogP contribution in [-0.4, -0.2) is 31.8 Å². The van der Waals surface area contributed by atoms with E-state index in [-0.39, 0.29) is 25.1 Å². The summed E-state index contributed by atoms with van der Waals surface area (Å²) in [6.45, 7) is 7.89. The van der Waals surface area contributed by atoms with Gasteiger partial charge in [0.15, 0.2) is 0 Å². The number of carbonyl (C=O) groups excluding carboxylic acids is 2. The molecule has 3 N–H and O–H groups in total. The number of amides is 1. The number of ether oxygens (including phenoxy) is 1. The number of benzene rings is 2. The highest BCUT2D eigenvalue weighted by atomic mass is 16.7. The Morgan fingerprint density at radius 3 is 2.59 bits per heavy atom. The molecule has 0 saturated heterocycles. The average Bonchev–Trinajstić information content (AvgIpc) is 2.85. The van der Waals surface area contributed by atoms with Crippen LogP contribution in [0.15, 0.2) is 51.7 Å². The lowest BCUT2D eigenvalue weighted by atomic mass is 10.0. The molecule has 3 aromatic rings. The summed E-state index contributed by atoms with van der Waals surface area (Å²) in [5.41, 5.74) is 3.34. The van der Waals surface area contributed by atoms with E-state index in [4.69, 9.17) is 15.1 Å². The van der Waals surface area contributed by atoms with E-state index in [0.29, 0.717) is 16.7 Å². The van der Waals surface area contributed by atoms with Crippen molar-refractivity contribution >= 4 is 28.7 Å². The number of aryl methyl sites for hydroxylation is 1. The van der Waals surface area contributed by atoms with Crippen molar-refractivity contribution < 1.29 is 23.6 Å². The lowest BCUT2D eigenvalue weighted by Gasteiger charge is -2.21. The molecule has 1 amide bonds. The van der Waals surface area contributed by atoms with Crippen LogP contribution in [0.4, 0.5) is 10.5 Å². The van der Waals surface area contributed by atoms with Crippen molar-refractivity contribution in [2.75, 3.05) is 24.6 Å². The molecule has 0 atom stereocenters. The van der Waals surface area contributed by atoms with Gasteiger partial charge in [-0.2, -0.15) is 5.90 Å². The summed E-state index contributed by atoms with van der Waals surface area (Å²) >= 11 is 0. The van der Waals surface area contributed by atoms with E-state index in [0.717, 1.165) is 29.7 Å². The molecule has 0 saturated carbocycles. The van der Waals surface area contributed by atoms with Crippen molar-refractivity contribution in [1.29, 1.82) is 0 Å². The number of rotatable bonds is 9. The van der Waals surface area contributed by atoms with Gasteiger partial charge in [0.25, 0.3) is 0 Å². The molecule has 3 rings (SSSR count). The van der Waals surface area contributed by atoms with Gasteiger partial charge in [-0.15, -0.1) is 0 Å². The molecule has 0 fully saturated rings. The van der Waals surface area contributed by atoms with Crippen LogP contribution in [0, 0.1) is 6.92 Å². The Morgan fingerprint density at radius 1 is 1.12 bits per heavy atom. The summed E-state index contributed by atoms with van der Waals surface area (Å²) in [4.78, 5) is 42.5. The van der Waals surface area contributed by atoms with Crippen LogP contribution in [0.3, 0.4) is 0 Å². The Morgan fingerprint density at radius 2 is 1.88 bits per heavy atom. The summed E-state index contributed by atoms with van der Waals surface area (Å²) in [5, 5.41) is 3.46. The first kappa shape index (κ1) is 24.8. The first-order valence-corrected chi connectivity index (χ1v) is 11.1. The first-order valence-electron chi connectivity index (χ1n) is 11.1. The third-order valence-electron chi connectivity index (χ3n) is 5.69. The molecular weight excluding hydrogens is 438 g/mol. The highest BCUT2D eigenvalue weighted by molar-refractivity contribution is 5.89. The molecule has 0 unspecified atom stereocenters. The van der Waals surface area contributed by atoms with Gasteiger partial charge >= 0.3 is 17.7 Å². The van der Waals surface area contributed by atoms with Gasteiger partial charge in [0.2, 0.25) is 0 Å². The molecule has 1 aromatic heterocycles. The largest absolute Gasteiger partial charge is 0.449 e. The van der Waals surface area contributed by atoms with Crippen LogP contribution in [0.5, 0.6) is 0 Å². The van der Waals surface area contributed by atoms with Crippen LogP contribution >= 0.6 is 0 Å². The monoisotopic (exact) mass is 467 g/mol. The number of carbonyl (C=O) groups is 2. The fourth-order valence-corrected chi connectivity index (χ4v) is 3.80. The van der Waals surface area contributed by atoms with Crippen LogP contribution in [0.2, 0.25) is 0 Å². The zero-order valence-corrected chi connectivity index (χ0v) is 19.6. The Hall–Kier alpha value is -3.85. The Balaban J connectivity index is 1.61. The standard InChI is InChI=1S/C25H29N3O6/c1-4-28(5-2)19-9-10-20-16(3)21(24(30)33-22(20)14-19)11-12-32-25(31)27-15-17-7-6-8-18(13-17)23(29)34-26/h6-10,13-14H,4-5,11-12,15,26H2,1-3H3,(H,27,31). The van der Waals surface area contributed by atoms with Crippen molar-refractivity contribution in [3.63, 3.8) is 0 Å². The van der Waals surface area contributed by atoms with Crippen LogP contribution in [-0.2, 0) is 22.5 Å². The minimum Gasteiger partial charge on any atom is -0.449 e. The minimum absolute atomic E-state index is 0.0139. The number of alkyl carbamates (subject to hydrolysis) is 1. The Labute approximate surface area is 197 Å². The molecule has 0 bridgehead atoms. The van der Waals surface area contributed by atoms with Crippen molar-refractivity contribution in [2.24, 2.45) is 5.90 Å². The zero-order valence-electron chi connectivity index (χ0n) is 19.6. The van der Waals surface area contributed by atoms with E-state index in [2.05, 4.69) is 28.9 Å². The van der Waals surface area contributed by atoms with Gasteiger partial charge < -0.3 is 24.2 Å². The van der Waals surface area contributed by atoms with Crippen molar-refractivity contribution in [2.45, 2.75) is 33.7 Å². The van der Waals surface area contributed by atoms with Gasteiger partial charge in [-0.3, -0.25) is 0 Å². The normalized spacial score (nSPS) is 10.7. The molecule has 0 aliphatic rings. The quantitative estimate of drug-likeness (QED) is 0.362. The molecule has 34 heavy (non-hydrogen) atoms. The second kappa shape index (κ2) is 11.3. The van der Waals surface area contributed by atoms with Crippen molar-refractivity contribution in [3.05, 3.63) is 75.1 Å². The fourth-order valence-electron chi connectivity index (χ4n) is 3.80. The lowest BCUT2D eigenvalue weighted by Crippen LogP contribution is -2.25. The van der Waals surface area contributed by atoms with Crippen LogP contribution in [0.1, 0.15) is 40.9 Å². The Bertz CT molecular complexity index is 1230. The number of nitrogens with two attached hydrogens (primary N) is 1. The molecule has 1 heterocycles. The molecular formula is C25H29N3O6. The Kier molecular flexibility index (Phi) is 8.26. The summed E-state index contributed by atoms with van der Waals surface area (Å²) in [6, 6.07) is 12.4. The van der Waals surface area contributed by atoms with E-state index in [1.807, 2.05) is 25.1 Å². The third-order valence-corrected chi connectivity index (χ3v) is 5.69. The van der Waals surface area contributed by atoms with Gasteiger partial charge in [0, 0.05) is 48.8 Å². The molecule has 0 aliphatic carbocycles. The van der Waals surface area contributed by atoms with Crippen molar-refractivity contribution in [3.8, 4) is 0 Å². The van der Waals surface area contributed by atoms with Gasteiger partial charge in [0.1, 0.15) is 5.58 Å². The van der Waals surface area contributed by atoms with E-state index in [1.54, 1.807) is 24.3 Å². The molecule has 0 aliphatic heterocycles. The zero-order chi connectivity index (χ0) is 24.7. The second-order valence-corrected chi connectivity index (χ2v) is 7.69. The number of hydrogen-bond donors (Lipinski definition) is 2. The maximum Gasteiger partial charge on any atom is 0.407 e. The third kappa shape index (κ3) is 5.74. The smallest absolute Gasteiger partial charge is 0.407 e. The van der Waals surface area contributed by atoms with E-state index in [9.17, 15) is 14.4 Å². The van der Waals surface area contributed by atoms with E-state index >= 15 is 0 Å². The molecule has 2 aromatic carbocycles. The first-order chi connectivity index (χ1) is 16.4. The summed E-state index contributed by atoms with van der Waals surface area (Å²) in [6.07, 6.45) is -0.411. The van der Waals surface area contributed by atoms with Gasteiger partial charge in [-0.05, 0) is 56.2 Å². The number of anilines is 1. The van der Waals surface area contributed by atoms with Gasteiger partial charge in [-0.1, -0.05) is 12.1 Å². The molecule has 180 valence electrons. The molecule has 9 nitrogen and oxygen atoms in total. The number of fused-ring (bicyclic) bond motifs is 1. The predicted molar refractivity (Wildman–Crippen MR) is 129 cm³/mol. The van der Waals surface area contributed by atoms with E-state index in [1.165, 1.54) is 0 Å². The highest BCUT2D eigenvalue weighted by Crippen LogP contribution is 2.25. The number of nitrogens with one attached hydrogen (secondary N) is 1. The number of hydrogen-bond acceptors (Lipinski definition) is 8. The topological polar surface area (TPSA) is 124 Å².